The Morgan fingerprint density at radius 1 is 1.08 bits per heavy atom. The molecule has 0 aliphatic carbocycles. The molecule has 5 heteroatoms. The zero-order valence-electron chi connectivity index (χ0n) is 14.7. The monoisotopic (exact) mass is 369 g/mol. The molecule has 0 unspecified atom stereocenters. The molecule has 0 saturated carbocycles. The van der Waals surface area contributed by atoms with E-state index in [-0.39, 0.29) is 18.3 Å². The highest BCUT2D eigenvalue weighted by molar-refractivity contribution is 6.07. The van der Waals surface area contributed by atoms with Crippen LogP contribution < -0.4 is 15.5 Å². The Kier molecular flexibility index (Phi) is 5.35. The van der Waals surface area contributed by atoms with Crippen LogP contribution in [0.4, 0.5) is 11.4 Å². The molecule has 4 nitrogen and oxygen atoms in total. The van der Waals surface area contributed by atoms with Crippen molar-refractivity contribution >= 4 is 35.8 Å². The summed E-state index contributed by atoms with van der Waals surface area (Å²) in [6.07, 6.45) is 3.46. The van der Waals surface area contributed by atoms with Crippen molar-refractivity contribution in [3.63, 3.8) is 0 Å². The van der Waals surface area contributed by atoms with Crippen molar-refractivity contribution in [2.45, 2.75) is 24.9 Å². The van der Waals surface area contributed by atoms with Crippen LogP contribution in [0.5, 0.6) is 0 Å². The number of nitrogens with one attached hydrogen (secondary N) is 2. The molecular formula is C21H24ClN3O. The third-order valence-electron chi connectivity index (χ3n) is 5.24. The van der Waals surface area contributed by atoms with Crippen molar-refractivity contribution in [3.05, 3.63) is 66.2 Å². The number of halogens is 1. The Morgan fingerprint density at radius 3 is 2.46 bits per heavy atom. The molecule has 1 spiro atoms. The molecule has 2 heterocycles. The van der Waals surface area contributed by atoms with Crippen molar-refractivity contribution in [3.8, 4) is 0 Å². The predicted octanol–water partition coefficient (Wildman–Crippen LogP) is 3.83. The lowest BCUT2D eigenvalue weighted by Gasteiger charge is -2.46. The number of hydrogen-bond acceptors (Lipinski definition) is 3. The number of hydrogen-bond donors (Lipinski definition) is 2. The van der Waals surface area contributed by atoms with E-state index in [1.807, 2.05) is 41.3 Å². The molecule has 2 aromatic rings. The second-order valence-electron chi connectivity index (χ2n) is 6.81. The molecule has 136 valence electrons. The molecule has 0 atom stereocenters. The zero-order valence-corrected chi connectivity index (χ0v) is 15.5. The van der Waals surface area contributed by atoms with Crippen LogP contribution in [-0.2, 0) is 11.3 Å². The molecule has 26 heavy (non-hydrogen) atoms. The molecule has 2 aromatic carbocycles. The highest BCUT2D eigenvalue weighted by Gasteiger charge is 2.46. The van der Waals surface area contributed by atoms with E-state index in [1.54, 1.807) is 0 Å². The quantitative estimate of drug-likeness (QED) is 0.864. The Labute approximate surface area is 160 Å². The minimum absolute atomic E-state index is 0. The molecule has 4 rings (SSSR count). The molecule has 1 amide bonds. The Hall–Kier alpha value is -2.30. The first-order valence-electron chi connectivity index (χ1n) is 8.83. The summed E-state index contributed by atoms with van der Waals surface area (Å²) in [4.78, 5) is 15.4. The number of rotatable bonds is 3. The Morgan fingerprint density at radius 2 is 1.77 bits per heavy atom. The van der Waals surface area contributed by atoms with Crippen LogP contribution >= 0.6 is 12.4 Å². The number of piperidine rings is 1. The number of anilines is 2. The highest BCUT2D eigenvalue weighted by Crippen LogP contribution is 2.39. The maximum Gasteiger partial charge on any atom is 0.253 e. The number of benzene rings is 2. The standard InChI is InChI=1S/C21H23N3O.ClH/c1-2-16-7-9-17(10-8-16)15-24-19-6-4-3-5-18(19)23-21(20(24)25)11-13-22-14-12-21;/h2-10,22-23H,1,11-15H2;1H. The van der Waals surface area contributed by atoms with Crippen LogP contribution in [0.1, 0.15) is 24.0 Å². The number of carbonyl (C=O) groups excluding carboxylic acids is 1. The normalized spacial score (nSPS) is 17.8. The SMILES string of the molecule is C=Cc1ccc(CN2C(=O)C3(CCNCC3)Nc3ccccc32)cc1.Cl. The summed E-state index contributed by atoms with van der Waals surface area (Å²) >= 11 is 0. The molecule has 0 aromatic heterocycles. The van der Waals surface area contributed by atoms with E-state index in [4.69, 9.17) is 0 Å². The van der Waals surface area contributed by atoms with Gasteiger partial charge in [0, 0.05) is 0 Å². The maximum absolute atomic E-state index is 13.4. The van der Waals surface area contributed by atoms with Crippen LogP contribution in [0.15, 0.2) is 55.1 Å². The number of fused-ring (bicyclic) bond motifs is 1. The van der Waals surface area contributed by atoms with Gasteiger partial charge in [-0.05, 0) is 49.2 Å². The van der Waals surface area contributed by atoms with Gasteiger partial charge in [-0.1, -0.05) is 49.1 Å². The van der Waals surface area contributed by atoms with Gasteiger partial charge in [0.1, 0.15) is 5.54 Å². The van der Waals surface area contributed by atoms with Crippen LogP contribution in [0.2, 0.25) is 0 Å². The fourth-order valence-corrected chi connectivity index (χ4v) is 3.78. The average molecular weight is 370 g/mol. The molecule has 0 radical (unpaired) electrons. The third-order valence-corrected chi connectivity index (χ3v) is 5.24. The summed E-state index contributed by atoms with van der Waals surface area (Å²) in [5.74, 6) is 0.181. The largest absolute Gasteiger partial charge is 0.369 e. The zero-order chi connectivity index (χ0) is 17.3. The van der Waals surface area contributed by atoms with Crippen LogP contribution in [0.25, 0.3) is 6.08 Å². The molecular weight excluding hydrogens is 346 g/mol. The first-order chi connectivity index (χ1) is 12.2. The number of amides is 1. The van der Waals surface area contributed by atoms with Crippen molar-refractivity contribution in [1.29, 1.82) is 0 Å². The fraction of sp³-hybridized carbons (Fsp3) is 0.286. The van der Waals surface area contributed by atoms with E-state index in [1.165, 1.54) is 0 Å². The molecule has 2 N–H and O–H groups in total. The van der Waals surface area contributed by atoms with Gasteiger partial charge in [0.25, 0.3) is 5.91 Å². The minimum Gasteiger partial charge on any atom is -0.369 e. The molecule has 2 aliphatic rings. The van der Waals surface area contributed by atoms with Crippen LogP contribution in [-0.4, -0.2) is 24.5 Å². The minimum atomic E-state index is -0.485. The summed E-state index contributed by atoms with van der Waals surface area (Å²) in [6, 6.07) is 16.3. The molecule has 1 fully saturated rings. The summed E-state index contributed by atoms with van der Waals surface area (Å²) < 4.78 is 0. The summed E-state index contributed by atoms with van der Waals surface area (Å²) in [6.45, 7) is 6.11. The first-order valence-corrected chi connectivity index (χ1v) is 8.83. The first kappa shape index (κ1) is 18.5. The number of carbonyl (C=O) groups is 1. The predicted molar refractivity (Wildman–Crippen MR) is 110 cm³/mol. The molecule has 1 saturated heterocycles. The highest BCUT2D eigenvalue weighted by atomic mass is 35.5. The summed E-state index contributed by atoms with van der Waals surface area (Å²) in [5, 5.41) is 6.91. The average Bonchev–Trinajstić information content (AvgIpc) is 2.67. The van der Waals surface area contributed by atoms with E-state index in [9.17, 15) is 4.79 Å². The van der Waals surface area contributed by atoms with Crippen molar-refractivity contribution in [2.75, 3.05) is 23.3 Å². The van der Waals surface area contributed by atoms with Gasteiger partial charge in [-0.2, -0.15) is 0 Å². The maximum atomic E-state index is 13.4. The molecule has 2 aliphatic heterocycles. The van der Waals surface area contributed by atoms with E-state index in [0.717, 1.165) is 48.4 Å². The van der Waals surface area contributed by atoms with Crippen molar-refractivity contribution in [1.82, 2.24) is 5.32 Å². The smallest absolute Gasteiger partial charge is 0.253 e. The Balaban J connectivity index is 0.00000196. The van der Waals surface area contributed by atoms with E-state index in [2.05, 4.69) is 35.4 Å². The fourth-order valence-electron chi connectivity index (χ4n) is 3.78. The number of para-hydroxylation sites is 2. The van der Waals surface area contributed by atoms with Gasteiger partial charge in [-0.25, -0.2) is 0 Å². The van der Waals surface area contributed by atoms with Gasteiger partial charge in [-0.3, -0.25) is 4.79 Å². The second-order valence-corrected chi connectivity index (χ2v) is 6.81. The van der Waals surface area contributed by atoms with Gasteiger partial charge in [0.2, 0.25) is 0 Å². The lowest BCUT2D eigenvalue weighted by atomic mass is 9.84. The van der Waals surface area contributed by atoms with E-state index >= 15 is 0 Å². The van der Waals surface area contributed by atoms with Crippen LogP contribution in [0.3, 0.4) is 0 Å². The van der Waals surface area contributed by atoms with Gasteiger partial charge in [-0.15, -0.1) is 12.4 Å². The topological polar surface area (TPSA) is 44.4 Å². The third kappa shape index (κ3) is 3.22. The number of nitrogens with zero attached hydrogens (tertiary/aromatic N) is 1. The second kappa shape index (κ2) is 7.52. The van der Waals surface area contributed by atoms with Gasteiger partial charge in [0.15, 0.2) is 0 Å². The summed E-state index contributed by atoms with van der Waals surface area (Å²) in [7, 11) is 0. The van der Waals surface area contributed by atoms with Gasteiger partial charge >= 0.3 is 0 Å². The van der Waals surface area contributed by atoms with Gasteiger partial charge in [0.05, 0.1) is 17.9 Å². The molecule has 0 bridgehead atoms. The van der Waals surface area contributed by atoms with E-state index in [0.29, 0.717) is 6.54 Å². The Bertz CT molecular complexity index is 797. The van der Waals surface area contributed by atoms with Crippen LogP contribution in [0, 0.1) is 0 Å². The summed E-state index contributed by atoms with van der Waals surface area (Å²) in [5.41, 5.74) is 3.74. The van der Waals surface area contributed by atoms with Crippen molar-refractivity contribution < 1.29 is 4.79 Å². The van der Waals surface area contributed by atoms with Crippen molar-refractivity contribution in [2.24, 2.45) is 0 Å². The van der Waals surface area contributed by atoms with Gasteiger partial charge < -0.3 is 15.5 Å². The van der Waals surface area contributed by atoms with E-state index < -0.39 is 5.54 Å². The lowest BCUT2D eigenvalue weighted by Crippen LogP contribution is -2.61. The lowest BCUT2D eigenvalue weighted by molar-refractivity contribution is -0.124.